The maximum Gasteiger partial charge on any atom is 0.302 e. The molecule has 18 heavy (non-hydrogen) atoms. The lowest BCUT2D eigenvalue weighted by atomic mass is 9.67. The van der Waals surface area contributed by atoms with Crippen LogP contribution >= 0.6 is 0 Å². The molecular formula is C14H24O4. The maximum absolute atomic E-state index is 11.1. The van der Waals surface area contributed by atoms with E-state index in [-0.39, 0.29) is 24.0 Å². The summed E-state index contributed by atoms with van der Waals surface area (Å²) in [5.74, 6) is 1.04. The molecule has 0 heterocycles. The zero-order valence-electron chi connectivity index (χ0n) is 11.9. The SMILES string of the molecule is CC(=O)OCC1CC(OC(C)=O)[C@H](C)[C@@H](C)C1C. The number of carbonyl (C=O) groups excluding carboxylic acids is 2. The van der Waals surface area contributed by atoms with Gasteiger partial charge in [-0.25, -0.2) is 0 Å². The first-order valence-electron chi connectivity index (χ1n) is 6.63. The first-order chi connectivity index (χ1) is 8.32. The second-order valence-corrected chi connectivity index (χ2v) is 5.52. The summed E-state index contributed by atoms with van der Waals surface area (Å²) >= 11 is 0. The third kappa shape index (κ3) is 3.72. The van der Waals surface area contributed by atoms with Gasteiger partial charge < -0.3 is 9.47 Å². The van der Waals surface area contributed by atoms with Crippen LogP contribution in [0, 0.1) is 23.7 Å². The molecule has 104 valence electrons. The topological polar surface area (TPSA) is 52.6 Å². The molecule has 1 aliphatic rings. The number of hydrogen-bond donors (Lipinski definition) is 0. The molecule has 0 aromatic heterocycles. The van der Waals surface area contributed by atoms with Gasteiger partial charge in [-0.15, -0.1) is 0 Å². The monoisotopic (exact) mass is 256 g/mol. The number of esters is 2. The third-order valence-corrected chi connectivity index (χ3v) is 4.34. The van der Waals surface area contributed by atoms with Crippen molar-refractivity contribution in [3.63, 3.8) is 0 Å². The van der Waals surface area contributed by atoms with Crippen molar-refractivity contribution in [2.24, 2.45) is 23.7 Å². The van der Waals surface area contributed by atoms with Gasteiger partial charge in [0.1, 0.15) is 6.10 Å². The molecule has 0 bridgehead atoms. The van der Waals surface area contributed by atoms with Crippen molar-refractivity contribution in [1.29, 1.82) is 0 Å². The maximum atomic E-state index is 11.1. The molecule has 0 spiro atoms. The smallest absolute Gasteiger partial charge is 0.302 e. The number of hydrogen-bond acceptors (Lipinski definition) is 4. The van der Waals surface area contributed by atoms with Crippen LogP contribution in [0.5, 0.6) is 0 Å². The lowest BCUT2D eigenvalue weighted by molar-refractivity contribution is -0.159. The van der Waals surface area contributed by atoms with Gasteiger partial charge in [-0.1, -0.05) is 20.8 Å². The second kappa shape index (κ2) is 6.21. The van der Waals surface area contributed by atoms with Crippen molar-refractivity contribution in [3.05, 3.63) is 0 Å². The van der Waals surface area contributed by atoms with Crippen LogP contribution in [0.2, 0.25) is 0 Å². The Morgan fingerprint density at radius 1 is 1.00 bits per heavy atom. The largest absolute Gasteiger partial charge is 0.466 e. The molecule has 3 unspecified atom stereocenters. The molecule has 1 aliphatic carbocycles. The summed E-state index contributed by atoms with van der Waals surface area (Å²) in [7, 11) is 0. The summed E-state index contributed by atoms with van der Waals surface area (Å²) < 4.78 is 10.5. The highest BCUT2D eigenvalue weighted by Gasteiger charge is 2.40. The third-order valence-electron chi connectivity index (χ3n) is 4.34. The fourth-order valence-electron chi connectivity index (χ4n) is 2.79. The minimum atomic E-state index is -0.252. The molecule has 0 aromatic carbocycles. The van der Waals surface area contributed by atoms with E-state index in [1.165, 1.54) is 13.8 Å². The fraction of sp³-hybridized carbons (Fsp3) is 0.857. The van der Waals surface area contributed by atoms with Crippen LogP contribution in [-0.2, 0) is 19.1 Å². The van der Waals surface area contributed by atoms with Crippen molar-refractivity contribution in [1.82, 2.24) is 0 Å². The van der Waals surface area contributed by atoms with Gasteiger partial charge in [0, 0.05) is 13.8 Å². The molecule has 0 aromatic rings. The highest BCUT2D eigenvalue weighted by molar-refractivity contribution is 5.66. The predicted octanol–water partition coefficient (Wildman–Crippen LogP) is 2.41. The molecule has 1 fully saturated rings. The van der Waals surface area contributed by atoms with E-state index < -0.39 is 0 Å². The van der Waals surface area contributed by atoms with Gasteiger partial charge in [-0.05, 0) is 30.1 Å². The van der Waals surface area contributed by atoms with Crippen molar-refractivity contribution < 1.29 is 19.1 Å². The standard InChI is InChI=1S/C14H24O4/c1-8-9(2)13(7-17-11(4)15)6-14(10(8)3)18-12(5)16/h8-10,13-14H,6-7H2,1-5H3/t8-,9?,10+,13?,14?/m0/s1. The molecule has 1 rings (SSSR count). The number of ether oxygens (including phenoxy) is 2. The fourth-order valence-corrected chi connectivity index (χ4v) is 2.79. The Labute approximate surface area is 109 Å². The molecule has 0 amide bonds. The molecule has 0 radical (unpaired) electrons. The molecule has 1 saturated carbocycles. The van der Waals surface area contributed by atoms with E-state index in [0.717, 1.165) is 6.42 Å². The molecule has 4 nitrogen and oxygen atoms in total. The average molecular weight is 256 g/mol. The molecule has 0 saturated heterocycles. The quantitative estimate of drug-likeness (QED) is 0.728. The Morgan fingerprint density at radius 2 is 1.61 bits per heavy atom. The van der Waals surface area contributed by atoms with E-state index in [1.54, 1.807) is 0 Å². The summed E-state index contributed by atoms with van der Waals surface area (Å²) in [6.45, 7) is 9.76. The van der Waals surface area contributed by atoms with Gasteiger partial charge in [0.25, 0.3) is 0 Å². The highest BCUT2D eigenvalue weighted by atomic mass is 16.5. The van der Waals surface area contributed by atoms with Crippen molar-refractivity contribution in [3.8, 4) is 0 Å². The van der Waals surface area contributed by atoms with Gasteiger partial charge in [0.15, 0.2) is 0 Å². The van der Waals surface area contributed by atoms with Gasteiger partial charge in [0.05, 0.1) is 6.61 Å². The van der Waals surface area contributed by atoms with Crippen LogP contribution in [-0.4, -0.2) is 24.6 Å². The summed E-state index contributed by atoms with van der Waals surface area (Å²) in [5.41, 5.74) is 0. The Bertz CT molecular complexity index is 311. The van der Waals surface area contributed by atoms with E-state index in [2.05, 4.69) is 20.8 Å². The second-order valence-electron chi connectivity index (χ2n) is 5.52. The van der Waals surface area contributed by atoms with Gasteiger partial charge in [0.2, 0.25) is 0 Å². The Balaban J connectivity index is 2.67. The van der Waals surface area contributed by atoms with Crippen LogP contribution in [0.3, 0.4) is 0 Å². The van der Waals surface area contributed by atoms with Crippen LogP contribution in [0.25, 0.3) is 0 Å². The zero-order valence-corrected chi connectivity index (χ0v) is 11.9. The number of carbonyl (C=O) groups is 2. The van der Waals surface area contributed by atoms with Crippen molar-refractivity contribution in [2.75, 3.05) is 6.61 Å². The van der Waals surface area contributed by atoms with Crippen LogP contribution in [0.1, 0.15) is 41.0 Å². The van der Waals surface area contributed by atoms with Gasteiger partial charge >= 0.3 is 11.9 Å². The Morgan fingerprint density at radius 3 is 2.11 bits per heavy atom. The summed E-state index contributed by atoms with van der Waals surface area (Å²) in [5, 5.41) is 0. The first-order valence-corrected chi connectivity index (χ1v) is 6.63. The first kappa shape index (κ1) is 15.0. The molecule has 5 atom stereocenters. The molecule has 0 N–H and O–H groups in total. The minimum absolute atomic E-state index is 0.0609. The minimum Gasteiger partial charge on any atom is -0.466 e. The Hall–Kier alpha value is -1.06. The number of rotatable bonds is 3. The molecule has 0 aliphatic heterocycles. The van der Waals surface area contributed by atoms with E-state index in [1.807, 2.05) is 0 Å². The van der Waals surface area contributed by atoms with Crippen molar-refractivity contribution >= 4 is 11.9 Å². The van der Waals surface area contributed by atoms with Crippen LogP contribution in [0.4, 0.5) is 0 Å². The normalized spacial score (nSPS) is 35.9. The lowest BCUT2D eigenvalue weighted by Crippen LogP contribution is -2.43. The zero-order chi connectivity index (χ0) is 13.9. The molecule has 4 heteroatoms. The van der Waals surface area contributed by atoms with Gasteiger partial charge in [-0.3, -0.25) is 9.59 Å². The van der Waals surface area contributed by atoms with E-state index in [4.69, 9.17) is 9.47 Å². The lowest BCUT2D eigenvalue weighted by Gasteiger charge is -2.42. The average Bonchev–Trinajstić information content (AvgIpc) is 2.27. The molecular weight excluding hydrogens is 232 g/mol. The predicted molar refractivity (Wildman–Crippen MR) is 67.8 cm³/mol. The van der Waals surface area contributed by atoms with Crippen LogP contribution in [0.15, 0.2) is 0 Å². The van der Waals surface area contributed by atoms with Crippen molar-refractivity contribution in [2.45, 2.75) is 47.1 Å². The van der Waals surface area contributed by atoms with E-state index >= 15 is 0 Å². The summed E-state index contributed by atoms with van der Waals surface area (Å²) in [6, 6.07) is 0. The van der Waals surface area contributed by atoms with Crippen LogP contribution < -0.4 is 0 Å². The van der Waals surface area contributed by atoms with Gasteiger partial charge in [-0.2, -0.15) is 0 Å². The van der Waals surface area contributed by atoms with E-state index in [0.29, 0.717) is 24.4 Å². The van der Waals surface area contributed by atoms with E-state index in [9.17, 15) is 9.59 Å². The highest BCUT2D eigenvalue weighted by Crippen LogP contribution is 2.40. The summed E-state index contributed by atoms with van der Waals surface area (Å²) in [4.78, 5) is 22.0. The summed E-state index contributed by atoms with van der Waals surface area (Å²) in [6.07, 6.45) is 0.716. The Kier molecular flexibility index (Phi) is 5.17.